The Labute approximate surface area is 106 Å². The van der Waals surface area contributed by atoms with Crippen molar-refractivity contribution in [2.75, 3.05) is 30.4 Å². The van der Waals surface area contributed by atoms with E-state index in [0.29, 0.717) is 24.7 Å². The summed E-state index contributed by atoms with van der Waals surface area (Å²) < 4.78 is 5.44. The van der Waals surface area contributed by atoms with E-state index in [1.165, 1.54) is 0 Å². The van der Waals surface area contributed by atoms with Gasteiger partial charge in [0, 0.05) is 6.54 Å². The number of hydrogen-bond donors (Lipinski definition) is 2. The summed E-state index contributed by atoms with van der Waals surface area (Å²) in [5.74, 6) is 0.0824. The number of nitrogens with two attached hydrogens (primary N) is 2. The molecule has 1 aliphatic heterocycles. The Morgan fingerprint density at radius 3 is 3.06 bits per heavy atom. The van der Waals surface area contributed by atoms with Gasteiger partial charge in [0.15, 0.2) is 5.82 Å². The molecule has 1 aliphatic rings. The summed E-state index contributed by atoms with van der Waals surface area (Å²) in [6, 6.07) is 3.45. The van der Waals surface area contributed by atoms with Crippen molar-refractivity contribution >= 4 is 17.4 Å². The number of carbonyl (C=O) groups excluding carboxylic acids is 1. The van der Waals surface area contributed by atoms with Gasteiger partial charge in [-0.25, -0.2) is 4.98 Å². The minimum Gasteiger partial charge on any atom is -0.396 e. The SMILES string of the molecule is CCC1COCCN1c1nc(C(N)=O)ccc1N. The molecule has 2 heterocycles. The van der Waals surface area contributed by atoms with Crippen LogP contribution >= 0.6 is 0 Å². The third kappa shape index (κ3) is 2.38. The molecule has 0 radical (unpaired) electrons. The number of morpholine rings is 1. The summed E-state index contributed by atoms with van der Waals surface area (Å²) in [5.41, 5.74) is 12.0. The average molecular weight is 250 g/mol. The lowest BCUT2D eigenvalue weighted by Crippen LogP contribution is -2.46. The largest absolute Gasteiger partial charge is 0.396 e. The quantitative estimate of drug-likeness (QED) is 0.808. The summed E-state index contributed by atoms with van der Waals surface area (Å²) in [4.78, 5) is 17.5. The number of hydrogen-bond acceptors (Lipinski definition) is 5. The van der Waals surface area contributed by atoms with Crippen molar-refractivity contribution in [2.45, 2.75) is 19.4 Å². The summed E-state index contributed by atoms with van der Waals surface area (Å²) in [5, 5.41) is 0. The number of ether oxygens (including phenoxy) is 1. The lowest BCUT2D eigenvalue weighted by molar-refractivity contribution is 0.0925. The zero-order valence-corrected chi connectivity index (χ0v) is 10.4. The molecule has 1 unspecified atom stereocenters. The van der Waals surface area contributed by atoms with E-state index in [1.807, 2.05) is 0 Å². The molecule has 1 atom stereocenters. The molecule has 1 aromatic heterocycles. The number of aromatic nitrogens is 1. The highest BCUT2D eigenvalue weighted by atomic mass is 16.5. The van der Waals surface area contributed by atoms with E-state index in [0.717, 1.165) is 13.0 Å². The first-order chi connectivity index (χ1) is 8.63. The van der Waals surface area contributed by atoms with E-state index >= 15 is 0 Å². The van der Waals surface area contributed by atoms with Crippen molar-refractivity contribution in [3.63, 3.8) is 0 Å². The fraction of sp³-hybridized carbons (Fsp3) is 0.500. The number of rotatable bonds is 3. The number of anilines is 2. The number of pyridine rings is 1. The van der Waals surface area contributed by atoms with Crippen LogP contribution in [0.2, 0.25) is 0 Å². The Morgan fingerprint density at radius 1 is 1.61 bits per heavy atom. The first-order valence-electron chi connectivity index (χ1n) is 6.04. The van der Waals surface area contributed by atoms with Crippen LogP contribution in [-0.2, 0) is 4.74 Å². The Hall–Kier alpha value is -1.82. The molecule has 1 amide bonds. The van der Waals surface area contributed by atoms with E-state index < -0.39 is 5.91 Å². The maximum Gasteiger partial charge on any atom is 0.267 e. The van der Waals surface area contributed by atoms with Crippen molar-refractivity contribution in [1.29, 1.82) is 0 Å². The van der Waals surface area contributed by atoms with E-state index in [1.54, 1.807) is 12.1 Å². The van der Waals surface area contributed by atoms with Gasteiger partial charge in [-0.2, -0.15) is 0 Å². The molecule has 0 bridgehead atoms. The molecule has 6 nitrogen and oxygen atoms in total. The molecule has 98 valence electrons. The van der Waals surface area contributed by atoms with Crippen LogP contribution in [0.5, 0.6) is 0 Å². The number of carbonyl (C=O) groups is 1. The second kappa shape index (κ2) is 5.22. The first-order valence-corrected chi connectivity index (χ1v) is 6.04. The van der Waals surface area contributed by atoms with Gasteiger partial charge in [-0.1, -0.05) is 6.92 Å². The predicted molar refractivity (Wildman–Crippen MR) is 69.4 cm³/mol. The number of primary amides is 1. The number of nitrogens with zero attached hydrogens (tertiary/aromatic N) is 2. The van der Waals surface area contributed by atoms with Crippen molar-refractivity contribution in [2.24, 2.45) is 5.73 Å². The van der Waals surface area contributed by atoms with E-state index in [4.69, 9.17) is 16.2 Å². The molecule has 1 fully saturated rings. The van der Waals surface area contributed by atoms with Crippen LogP contribution in [0.4, 0.5) is 11.5 Å². The van der Waals surface area contributed by atoms with Gasteiger partial charge in [0.1, 0.15) is 5.69 Å². The second-order valence-corrected chi connectivity index (χ2v) is 4.30. The number of nitrogen functional groups attached to an aromatic ring is 1. The lowest BCUT2D eigenvalue weighted by Gasteiger charge is -2.36. The highest BCUT2D eigenvalue weighted by Gasteiger charge is 2.24. The molecule has 0 saturated carbocycles. The first kappa shape index (κ1) is 12.6. The Kier molecular flexibility index (Phi) is 3.66. The van der Waals surface area contributed by atoms with Gasteiger partial charge in [-0.05, 0) is 18.6 Å². The van der Waals surface area contributed by atoms with Crippen LogP contribution in [0.25, 0.3) is 0 Å². The summed E-state index contributed by atoms with van der Waals surface area (Å²) >= 11 is 0. The van der Waals surface area contributed by atoms with Crippen molar-refractivity contribution < 1.29 is 9.53 Å². The standard InChI is InChI=1S/C12H18N4O2/c1-2-8-7-18-6-5-16(8)12-9(13)3-4-10(15-12)11(14)17/h3-4,8H,2,5-7,13H2,1H3,(H2,14,17). The van der Waals surface area contributed by atoms with E-state index in [9.17, 15) is 4.79 Å². The molecule has 0 spiro atoms. The minimum atomic E-state index is -0.544. The molecule has 4 N–H and O–H groups in total. The van der Waals surface area contributed by atoms with Gasteiger partial charge in [0.2, 0.25) is 0 Å². The van der Waals surface area contributed by atoms with Crippen LogP contribution in [0, 0.1) is 0 Å². The molecule has 0 aromatic carbocycles. The summed E-state index contributed by atoms with van der Waals surface area (Å²) in [7, 11) is 0. The third-order valence-electron chi connectivity index (χ3n) is 3.13. The van der Waals surface area contributed by atoms with Gasteiger partial charge in [0.25, 0.3) is 5.91 Å². The zero-order chi connectivity index (χ0) is 13.1. The van der Waals surface area contributed by atoms with Gasteiger partial charge in [0.05, 0.1) is 24.9 Å². The Morgan fingerprint density at radius 2 is 2.39 bits per heavy atom. The smallest absolute Gasteiger partial charge is 0.267 e. The molecule has 2 rings (SSSR count). The molecule has 1 aromatic rings. The van der Waals surface area contributed by atoms with Crippen molar-refractivity contribution in [3.05, 3.63) is 17.8 Å². The van der Waals surface area contributed by atoms with Crippen molar-refractivity contribution in [1.82, 2.24) is 4.98 Å². The van der Waals surface area contributed by atoms with Gasteiger partial charge in [-0.15, -0.1) is 0 Å². The summed E-state index contributed by atoms with van der Waals surface area (Å²) in [6.45, 7) is 4.09. The second-order valence-electron chi connectivity index (χ2n) is 4.30. The van der Waals surface area contributed by atoms with Crippen LogP contribution in [-0.4, -0.2) is 36.7 Å². The van der Waals surface area contributed by atoms with Crippen LogP contribution < -0.4 is 16.4 Å². The molecule has 1 saturated heterocycles. The zero-order valence-electron chi connectivity index (χ0n) is 10.4. The maximum absolute atomic E-state index is 11.2. The van der Waals surface area contributed by atoms with Gasteiger partial charge >= 0.3 is 0 Å². The van der Waals surface area contributed by atoms with Crippen LogP contribution in [0.3, 0.4) is 0 Å². The monoisotopic (exact) mass is 250 g/mol. The van der Waals surface area contributed by atoms with Crippen LogP contribution in [0.1, 0.15) is 23.8 Å². The predicted octanol–water partition coefficient (Wildman–Crippen LogP) is 0.378. The third-order valence-corrected chi connectivity index (χ3v) is 3.13. The Balaban J connectivity index is 2.35. The highest BCUT2D eigenvalue weighted by Crippen LogP contribution is 2.25. The lowest BCUT2D eigenvalue weighted by atomic mass is 10.1. The fourth-order valence-electron chi connectivity index (χ4n) is 2.10. The molecule has 0 aliphatic carbocycles. The van der Waals surface area contributed by atoms with Gasteiger partial charge < -0.3 is 21.1 Å². The normalized spacial score (nSPS) is 19.8. The average Bonchev–Trinajstić information content (AvgIpc) is 2.39. The van der Waals surface area contributed by atoms with Crippen LogP contribution in [0.15, 0.2) is 12.1 Å². The number of amides is 1. The van der Waals surface area contributed by atoms with E-state index in [2.05, 4.69) is 16.8 Å². The fourth-order valence-corrected chi connectivity index (χ4v) is 2.10. The topological polar surface area (TPSA) is 94.5 Å². The summed E-state index contributed by atoms with van der Waals surface area (Å²) in [6.07, 6.45) is 0.932. The minimum absolute atomic E-state index is 0.233. The van der Waals surface area contributed by atoms with Crippen molar-refractivity contribution in [3.8, 4) is 0 Å². The molecule has 18 heavy (non-hydrogen) atoms. The molecular formula is C12H18N4O2. The van der Waals surface area contributed by atoms with Gasteiger partial charge in [-0.3, -0.25) is 4.79 Å². The molecular weight excluding hydrogens is 232 g/mol. The Bertz CT molecular complexity index is 450. The maximum atomic E-state index is 11.2. The molecule has 6 heteroatoms. The van der Waals surface area contributed by atoms with E-state index in [-0.39, 0.29) is 11.7 Å². The highest BCUT2D eigenvalue weighted by molar-refractivity contribution is 5.91.